The van der Waals surface area contributed by atoms with Gasteiger partial charge in [-0.3, -0.25) is 4.72 Å². The van der Waals surface area contributed by atoms with Crippen LogP contribution in [0.15, 0.2) is 42.5 Å². The molecule has 0 spiro atoms. The number of hydrogen-bond donors (Lipinski definition) is 2. The number of halogens is 1. The average molecular weight is 452 g/mol. The summed E-state index contributed by atoms with van der Waals surface area (Å²) in [7, 11) is -3.34. The van der Waals surface area contributed by atoms with Crippen LogP contribution < -0.4 is 14.9 Å². The van der Waals surface area contributed by atoms with Crippen molar-refractivity contribution in [3.8, 4) is 0 Å². The fourth-order valence-corrected chi connectivity index (χ4v) is 4.43. The van der Waals surface area contributed by atoms with Crippen molar-refractivity contribution in [2.45, 2.75) is 51.7 Å². The standard InChI is InChI=1S/C22H30ClN3O3S/c1-15(2)30(27,28)25-19-7-5-18(6-8-19)12-24-20-9-10-22(21(23)11-20)26-13-16(3)29-17(4)14-26/h5-11,15-17,24-25H,12-14H2,1-4H3. The predicted molar refractivity (Wildman–Crippen MR) is 125 cm³/mol. The molecule has 1 saturated heterocycles. The first-order valence-corrected chi connectivity index (χ1v) is 12.1. The van der Waals surface area contributed by atoms with Gasteiger partial charge in [0.05, 0.1) is 28.2 Å². The molecule has 2 aromatic carbocycles. The van der Waals surface area contributed by atoms with Crippen LogP contribution in [-0.2, 0) is 21.3 Å². The average Bonchev–Trinajstić information content (AvgIpc) is 2.66. The highest BCUT2D eigenvalue weighted by atomic mass is 35.5. The number of hydrogen-bond acceptors (Lipinski definition) is 5. The third-order valence-corrected chi connectivity index (χ3v) is 7.10. The summed E-state index contributed by atoms with van der Waals surface area (Å²) in [6.45, 7) is 9.71. The molecule has 2 unspecified atom stereocenters. The highest BCUT2D eigenvalue weighted by molar-refractivity contribution is 7.93. The minimum Gasteiger partial charge on any atom is -0.381 e. The van der Waals surface area contributed by atoms with Crippen LogP contribution in [0.2, 0.25) is 5.02 Å². The molecular weight excluding hydrogens is 422 g/mol. The zero-order chi connectivity index (χ0) is 21.9. The Morgan fingerprint density at radius 1 is 1.07 bits per heavy atom. The van der Waals surface area contributed by atoms with Crippen LogP contribution in [0, 0.1) is 0 Å². The second kappa shape index (κ2) is 9.45. The Morgan fingerprint density at radius 2 is 1.67 bits per heavy atom. The fourth-order valence-electron chi connectivity index (χ4n) is 3.42. The molecule has 2 atom stereocenters. The highest BCUT2D eigenvalue weighted by Gasteiger charge is 2.23. The van der Waals surface area contributed by atoms with E-state index in [2.05, 4.69) is 28.8 Å². The molecule has 6 nitrogen and oxygen atoms in total. The Kier molecular flexibility index (Phi) is 7.16. The number of ether oxygens (including phenoxy) is 1. The van der Waals surface area contributed by atoms with Gasteiger partial charge in [0, 0.05) is 31.0 Å². The predicted octanol–water partition coefficient (Wildman–Crippen LogP) is 4.72. The van der Waals surface area contributed by atoms with Gasteiger partial charge in [-0.25, -0.2) is 8.42 Å². The molecular formula is C22H30ClN3O3S. The van der Waals surface area contributed by atoms with E-state index in [1.165, 1.54) is 0 Å². The zero-order valence-corrected chi connectivity index (χ0v) is 19.4. The van der Waals surface area contributed by atoms with Crippen molar-refractivity contribution in [3.63, 3.8) is 0 Å². The molecule has 1 aliphatic heterocycles. The van der Waals surface area contributed by atoms with Crippen LogP contribution in [0.1, 0.15) is 33.3 Å². The summed E-state index contributed by atoms with van der Waals surface area (Å²) in [4.78, 5) is 2.27. The Morgan fingerprint density at radius 3 is 2.23 bits per heavy atom. The Balaban J connectivity index is 1.60. The summed E-state index contributed by atoms with van der Waals surface area (Å²) in [5.41, 5.74) is 3.56. The van der Waals surface area contributed by atoms with E-state index in [1.807, 2.05) is 30.3 Å². The van der Waals surface area contributed by atoms with E-state index >= 15 is 0 Å². The quantitative estimate of drug-likeness (QED) is 0.637. The molecule has 2 N–H and O–H groups in total. The first-order chi connectivity index (χ1) is 14.1. The second-order valence-corrected chi connectivity index (χ2v) is 10.7. The smallest absolute Gasteiger partial charge is 0.235 e. The van der Waals surface area contributed by atoms with E-state index in [9.17, 15) is 8.42 Å². The third-order valence-electron chi connectivity index (χ3n) is 5.04. The molecule has 1 heterocycles. The van der Waals surface area contributed by atoms with Crippen molar-refractivity contribution in [3.05, 3.63) is 53.1 Å². The van der Waals surface area contributed by atoms with E-state index in [1.54, 1.807) is 26.0 Å². The normalized spacial score (nSPS) is 19.7. The lowest BCUT2D eigenvalue weighted by molar-refractivity contribution is -0.00520. The van der Waals surface area contributed by atoms with Crippen molar-refractivity contribution in [2.75, 3.05) is 28.0 Å². The Labute approximate surface area is 184 Å². The summed E-state index contributed by atoms with van der Waals surface area (Å²) in [6.07, 6.45) is 0.353. The highest BCUT2D eigenvalue weighted by Crippen LogP contribution is 2.31. The van der Waals surface area contributed by atoms with Crippen LogP contribution in [0.25, 0.3) is 0 Å². The minimum absolute atomic E-state index is 0.176. The number of nitrogens with zero attached hydrogens (tertiary/aromatic N) is 1. The van der Waals surface area contributed by atoms with Gasteiger partial charge in [0.25, 0.3) is 0 Å². The van der Waals surface area contributed by atoms with Crippen LogP contribution in [0.5, 0.6) is 0 Å². The van der Waals surface area contributed by atoms with Gasteiger partial charge in [0.2, 0.25) is 10.0 Å². The molecule has 0 radical (unpaired) electrons. The molecule has 30 heavy (non-hydrogen) atoms. The maximum absolute atomic E-state index is 12.0. The molecule has 8 heteroatoms. The number of benzene rings is 2. The van der Waals surface area contributed by atoms with E-state index in [0.29, 0.717) is 17.3 Å². The topological polar surface area (TPSA) is 70.7 Å². The summed E-state index contributed by atoms with van der Waals surface area (Å²) in [5, 5.41) is 3.60. The SMILES string of the molecule is CC1CN(c2ccc(NCc3ccc(NS(=O)(=O)C(C)C)cc3)cc2Cl)CC(C)O1. The maximum atomic E-state index is 12.0. The van der Waals surface area contributed by atoms with Crippen molar-refractivity contribution < 1.29 is 13.2 Å². The molecule has 0 aliphatic carbocycles. The van der Waals surface area contributed by atoms with Gasteiger partial charge in [-0.1, -0.05) is 23.7 Å². The molecule has 1 fully saturated rings. The molecule has 3 rings (SSSR count). The molecule has 0 bridgehead atoms. The van der Waals surface area contributed by atoms with Gasteiger partial charge >= 0.3 is 0 Å². The van der Waals surface area contributed by atoms with Crippen molar-refractivity contribution in [1.82, 2.24) is 0 Å². The number of rotatable bonds is 7. The monoisotopic (exact) mass is 451 g/mol. The van der Waals surface area contributed by atoms with Gasteiger partial charge in [-0.05, 0) is 63.6 Å². The molecule has 0 aromatic heterocycles. The second-order valence-electron chi connectivity index (χ2n) is 8.07. The van der Waals surface area contributed by atoms with E-state index in [0.717, 1.165) is 30.0 Å². The molecule has 1 aliphatic rings. The maximum Gasteiger partial charge on any atom is 0.235 e. The van der Waals surface area contributed by atoms with Crippen LogP contribution in [0.4, 0.5) is 17.1 Å². The third kappa shape index (κ3) is 5.80. The minimum atomic E-state index is -3.34. The largest absolute Gasteiger partial charge is 0.381 e. The van der Waals surface area contributed by atoms with Crippen molar-refractivity contribution in [2.24, 2.45) is 0 Å². The number of nitrogens with one attached hydrogen (secondary N) is 2. The van der Waals surface area contributed by atoms with E-state index in [4.69, 9.17) is 16.3 Å². The molecule has 164 valence electrons. The molecule has 0 amide bonds. The lowest BCUT2D eigenvalue weighted by Gasteiger charge is -2.37. The fraction of sp³-hybridized carbons (Fsp3) is 0.455. The number of morpholine rings is 1. The van der Waals surface area contributed by atoms with Gasteiger partial charge in [0.15, 0.2) is 0 Å². The lowest BCUT2D eigenvalue weighted by Crippen LogP contribution is -2.45. The van der Waals surface area contributed by atoms with Gasteiger partial charge in [-0.15, -0.1) is 0 Å². The summed E-state index contributed by atoms with van der Waals surface area (Å²) in [5.74, 6) is 0. The number of anilines is 3. The summed E-state index contributed by atoms with van der Waals surface area (Å²) < 4.78 is 32.3. The lowest BCUT2D eigenvalue weighted by atomic mass is 10.1. The Hall–Kier alpha value is -1.96. The van der Waals surface area contributed by atoms with Crippen LogP contribution >= 0.6 is 11.6 Å². The Bertz CT molecular complexity index is 954. The zero-order valence-electron chi connectivity index (χ0n) is 17.9. The van der Waals surface area contributed by atoms with Gasteiger partial charge < -0.3 is 15.0 Å². The van der Waals surface area contributed by atoms with E-state index < -0.39 is 15.3 Å². The summed E-state index contributed by atoms with van der Waals surface area (Å²) >= 11 is 6.56. The number of sulfonamides is 1. The molecule has 2 aromatic rings. The first kappa shape index (κ1) is 22.7. The summed E-state index contributed by atoms with van der Waals surface area (Å²) in [6, 6.07) is 13.3. The van der Waals surface area contributed by atoms with Crippen molar-refractivity contribution in [1.29, 1.82) is 0 Å². The van der Waals surface area contributed by atoms with E-state index in [-0.39, 0.29) is 12.2 Å². The van der Waals surface area contributed by atoms with Gasteiger partial charge in [0.1, 0.15) is 0 Å². The molecule has 0 saturated carbocycles. The van der Waals surface area contributed by atoms with Gasteiger partial charge in [-0.2, -0.15) is 0 Å². The first-order valence-electron chi connectivity index (χ1n) is 10.2. The van der Waals surface area contributed by atoms with Crippen molar-refractivity contribution >= 4 is 38.7 Å². The van der Waals surface area contributed by atoms with Crippen LogP contribution in [0.3, 0.4) is 0 Å². The van der Waals surface area contributed by atoms with Crippen LogP contribution in [-0.4, -0.2) is 39.0 Å².